The van der Waals surface area contributed by atoms with Gasteiger partial charge in [-0.2, -0.15) is 20.5 Å². The fraction of sp³-hybridized carbons (Fsp3) is 0.0435. The maximum atomic E-state index is 14.8. The lowest BCUT2D eigenvalue weighted by atomic mass is 9.95. The number of rotatable bonds is 0. The van der Waals surface area contributed by atoms with Crippen molar-refractivity contribution in [3.05, 3.63) is 99.7 Å². The average Bonchev–Trinajstić information content (AvgIpc) is 2.99. The molecule has 150 valence electrons. The van der Waals surface area contributed by atoms with Gasteiger partial charge in [0.05, 0.1) is 11.4 Å². The standard InChI is InChI=1S/C23H10F4N4/c1-11-4-16-15(23(31-10-29)18-6-13(25)8-20(27)21(16)18)3-2-14-17(22(11)30-9-28)5-12(24)7-19(14)26/h3-8H,1-2H2/b15-3+,16-4+,30-22-,31-23-. The van der Waals surface area contributed by atoms with Crippen molar-refractivity contribution >= 4 is 17.0 Å². The summed E-state index contributed by atoms with van der Waals surface area (Å²) in [4.78, 5) is 7.40. The van der Waals surface area contributed by atoms with Crippen molar-refractivity contribution in [3.8, 4) is 12.4 Å². The molecule has 0 N–H and O–H groups in total. The summed E-state index contributed by atoms with van der Waals surface area (Å²) in [7, 11) is 0. The van der Waals surface area contributed by atoms with Crippen LogP contribution >= 0.6 is 0 Å². The average molecular weight is 418 g/mol. The van der Waals surface area contributed by atoms with Crippen LogP contribution in [0.3, 0.4) is 0 Å². The maximum absolute atomic E-state index is 14.8. The molecule has 0 saturated heterocycles. The summed E-state index contributed by atoms with van der Waals surface area (Å²) in [6, 6.07) is 3.47. The molecule has 0 heterocycles. The number of nitrogens with zero attached hydrogens (tertiary/aromatic N) is 4. The predicted molar refractivity (Wildman–Crippen MR) is 106 cm³/mol. The van der Waals surface area contributed by atoms with Crippen LogP contribution in [0.4, 0.5) is 17.6 Å². The molecule has 2 aliphatic rings. The molecule has 8 heteroatoms. The molecule has 0 aliphatic heterocycles. The third-order valence-electron chi connectivity index (χ3n) is 5.00. The summed E-state index contributed by atoms with van der Waals surface area (Å²) in [6.07, 6.45) is 5.95. The van der Waals surface area contributed by atoms with E-state index in [1.807, 2.05) is 0 Å². The molecular formula is C23H10F4N4. The van der Waals surface area contributed by atoms with Gasteiger partial charge in [-0.25, -0.2) is 17.6 Å². The van der Waals surface area contributed by atoms with Crippen molar-refractivity contribution in [2.75, 3.05) is 0 Å². The van der Waals surface area contributed by atoms with Gasteiger partial charge in [0.15, 0.2) is 0 Å². The van der Waals surface area contributed by atoms with E-state index < -0.39 is 23.3 Å². The molecule has 0 atom stereocenters. The van der Waals surface area contributed by atoms with E-state index in [-0.39, 0.29) is 56.8 Å². The minimum atomic E-state index is -0.893. The number of benzene rings is 2. The Morgan fingerprint density at radius 1 is 0.806 bits per heavy atom. The third kappa shape index (κ3) is 3.24. The van der Waals surface area contributed by atoms with Crippen molar-refractivity contribution in [3.63, 3.8) is 0 Å². The van der Waals surface area contributed by atoms with Gasteiger partial charge in [0.1, 0.15) is 23.3 Å². The molecule has 2 aliphatic carbocycles. The van der Waals surface area contributed by atoms with Gasteiger partial charge in [-0.15, -0.1) is 0 Å². The molecule has 0 radical (unpaired) electrons. The highest BCUT2D eigenvalue weighted by Crippen LogP contribution is 2.41. The summed E-state index contributed by atoms with van der Waals surface area (Å²) in [5.74, 6) is -3.49. The van der Waals surface area contributed by atoms with Gasteiger partial charge in [-0.1, -0.05) is 12.7 Å². The van der Waals surface area contributed by atoms with Gasteiger partial charge in [0.25, 0.3) is 0 Å². The topological polar surface area (TPSA) is 72.3 Å². The van der Waals surface area contributed by atoms with E-state index in [1.165, 1.54) is 12.2 Å². The predicted octanol–water partition coefficient (Wildman–Crippen LogP) is 4.92. The first-order chi connectivity index (χ1) is 14.8. The Morgan fingerprint density at radius 3 is 2.10 bits per heavy atom. The molecule has 31 heavy (non-hydrogen) atoms. The van der Waals surface area contributed by atoms with Crippen LogP contribution in [-0.2, 0) is 6.42 Å². The van der Waals surface area contributed by atoms with Gasteiger partial charge in [-0.05, 0) is 35.8 Å². The highest BCUT2D eigenvalue weighted by molar-refractivity contribution is 6.30. The second-order valence-electron chi connectivity index (χ2n) is 6.75. The Kier molecular flexibility index (Phi) is 4.84. The smallest absolute Gasteiger partial charge is 0.206 e. The van der Waals surface area contributed by atoms with Gasteiger partial charge < -0.3 is 0 Å². The molecule has 0 aromatic heterocycles. The summed E-state index contributed by atoms with van der Waals surface area (Å²) in [5, 5.41) is 18.2. The van der Waals surface area contributed by atoms with Crippen LogP contribution < -0.4 is 0 Å². The summed E-state index contributed by atoms with van der Waals surface area (Å²) >= 11 is 0. The lowest BCUT2D eigenvalue weighted by Gasteiger charge is -2.11. The lowest BCUT2D eigenvalue weighted by Crippen LogP contribution is -2.09. The fourth-order valence-corrected chi connectivity index (χ4v) is 3.79. The van der Waals surface area contributed by atoms with Crippen LogP contribution in [0.1, 0.15) is 22.3 Å². The lowest BCUT2D eigenvalue weighted by molar-refractivity contribution is 0.574. The minimum absolute atomic E-state index is 0.0136. The zero-order valence-electron chi connectivity index (χ0n) is 15.7. The number of allylic oxidation sites excluding steroid dienone is 5. The number of hydrogen-bond acceptors (Lipinski definition) is 4. The van der Waals surface area contributed by atoms with Crippen molar-refractivity contribution in [1.82, 2.24) is 0 Å². The molecular weight excluding hydrogens is 408 g/mol. The van der Waals surface area contributed by atoms with Crippen molar-refractivity contribution < 1.29 is 17.6 Å². The van der Waals surface area contributed by atoms with Gasteiger partial charge in [-0.3, -0.25) is 0 Å². The molecule has 4 nitrogen and oxygen atoms in total. The zero-order chi connectivity index (χ0) is 22.3. The second-order valence-corrected chi connectivity index (χ2v) is 6.75. The fourth-order valence-electron chi connectivity index (χ4n) is 3.79. The maximum Gasteiger partial charge on any atom is 0.206 e. The molecule has 2 aromatic carbocycles. The van der Waals surface area contributed by atoms with Crippen LogP contribution in [0.5, 0.6) is 0 Å². The normalized spacial score (nSPS) is 20.8. The van der Waals surface area contributed by atoms with Crippen molar-refractivity contribution in [2.45, 2.75) is 6.42 Å². The largest absolute Gasteiger partial charge is 0.207 e. The zero-order valence-corrected chi connectivity index (χ0v) is 15.7. The Morgan fingerprint density at radius 2 is 1.42 bits per heavy atom. The summed E-state index contributed by atoms with van der Waals surface area (Å²) in [6.45, 7) is 3.84. The first kappa shape index (κ1) is 20.0. The van der Waals surface area contributed by atoms with Crippen LogP contribution in [0.25, 0.3) is 5.57 Å². The molecule has 2 aromatic rings. The Bertz CT molecular complexity index is 1380. The van der Waals surface area contributed by atoms with Crippen molar-refractivity contribution in [1.29, 1.82) is 10.5 Å². The van der Waals surface area contributed by atoms with E-state index in [9.17, 15) is 17.6 Å². The van der Waals surface area contributed by atoms with Crippen LogP contribution in [0.2, 0.25) is 0 Å². The monoisotopic (exact) mass is 418 g/mol. The van der Waals surface area contributed by atoms with E-state index >= 15 is 0 Å². The van der Waals surface area contributed by atoms with Crippen LogP contribution in [0, 0.1) is 46.2 Å². The number of fused-ring (bicyclic) bond motifs is 4. The highest BCUT2D eigenvalue weighted by atomic mass is 19.1. The van der Waals surface area contributed by atoms with E-state index in [0.29, 0.717) is 12.1 Å². The van der Waals surface area contributed by atoms with E-state index in [1.54, 1.807) is 12.4 Å². The van der Waals surface area contributed by atoms with Crippen molar-refractivity contribution in [2.24, 2.45) is 9.98 Å². The third-order valence-corrected chi connectivity index (χ3v) is 5.00. The highest BCUT2D eigenvalue weighted by Gasteiger charge is 2.33. The second kappa shape index (κ2) is 7.51. The quantitative estimate of drug-likeness (QED) is 0.450. The molecule has 0 bridgehead atoms. The molecule has 4 rings (SSSR count). The molecule has 0 unspecified atom stereocenters. The number of nitriles is 2. The molecule has 0 spiro atoms. The molecule has 0 fully saturated rings. The van der Waals surface area contributed by atoms with E-state index in [4.69, 9.17) is 10.5 Å². The molecule has 0 amide bonds. The number of aliphatic imine (C=N–C) groups is 2. The summed E-state index contributed by atoms with van der Waals surface area (Å²) < 4.78 is 57.2. The first-order valence-corrected chi connectivity index (χ1v) is 8.89. The number of hydrogen-bond donors (Lipinski definition) is 0. The summed E-state index contributed by atoms with van der Waals surface area (Å²) in [5.41, 5.74) is 0.561. The SMILES string of the molecule is C=C1\C=C2C(=C\Cc3c(F)cc(F)cc3/C1=N\C#N)/C(=N/C#N)c1cc(F)cc(F)c1/2. The molecule has 0 saturated carbocycles. The van der Waals surface area contributed by atoms with Gasteiger partial charge in [0.2, 0.25) is 12.4 Å². The number of halogens is 4. The minimum Gasteiger partial charge on any atom is -0.207 e. The van der Waals surface area contributed by atoms with Crippen LogP contribution in [0.15, 0.2) is 64.1 Å². The Hall–Kier alpha value is -4.30. The van der Waals surface area contributed by atoms with Crippen LogP contribution in [-0.4, -0.2) is 11.4 Å². The van der Waals surface area contributed by atoms with E-state index in [0.717, 1.165) is 12.1 Å². The van der Waals surface area contributed by atoms with Gasteiger partial charge in [0, 0.05) is 40.0 Å². The Balaban J connectivity index is 2.08. The van der Waals surface area contributed by atoms with E-state index in [2.05, 4.69) is 16.6 Å². The van der Waals surface area contributed by atoms with Gasteiger partial charge >= 0.3 is 0 Å². The Labute approximate surface area is 174 Å². The first-order valence-electron chi connectivity index (χ1n) is 8.89.